The van der Waals surface area contributed by atoms with Gasteiger partial charge in [0.2, 0.25) is 0 Å². The van der Waals surface area contributed by atoms with Crippen LogP contribution in [0.2, 0.25) is 0 Å². The van der Waals surface area contributed by atoms with Crippen molar-refractivity contribution in [2.75, 3.05) is 34.3 Å². The monoisotopic (exact) mass is 516 g/mol. The number of Topliss-reactive ketones (excluding diaryl/α,β-unsaturated/α-hetero) is 1. The Morgan fingerprint density at radius 1 is 1.03 bits per heavy atom. The van der Waals surface area contributed by atoms with Gasteiger partial charge in [-0.25, -0.2) is 0 Å². The summed E-state index contributed by atoms with van der Waals surface area (Å²) in [7, 11) is 5.17. The molecular formula is C30H32N2O6. The minimum absolute atomic E-state index is 0.0186. The normalized spacial score (nSPS) is 16.8. The fraction of sp³-hybridized carbons (Fsp3) is 0.267. The van der Waals surface area contributed by atoms with E-state index in [0.717, 1.165) is 11.1 Å². The second-order valence-corrected chi connectivity index (χ2v) is 9.53. The van der Waals surface area contributed by atoms with Gasteiger partial charge in [0.1, 0.15) is 18.1 Å². The van der Waals surface area contributed by atoms with Crippen molar-refractivity contribution in [3.63, 3.8) is 0 Å². The Morgan fingerprint density at radius 2 is 1.76 bits per heavy atom. The molecular weight excluding hydrogens is 484 g/mol. The summed E-state index contributed by atoms with van der Waals surface area (Å²) in [5, 5.41) is 21.4. The predicted octanol–water partition coefficient (Wildman–Crippen LogP) is 4.27. The van der Waals surface area contributed by atoms with E-state index in [1.165, 1.54) is 18.1 Å². The third-order valence-corrected chi connectivity index (χ3v) is 6.46. The van der Waals surface area contributed by atoms with Gasteiger partial charge >= 0.3 is 0 Å². The predicted molar refractivity (Wildman–Crippen MR) is 144 cm³/mol. The van der Waals surface area contributed by atoms with Gasteiger partial charge in [-0.3, -0.25) is 9.59 Å². The minimum atomic E-state index is -0.846. The van der Waals surface area contributed by atoms with Gasteiger partial charge < -0.3 is 29.5 Å². The van der Waals surface area contributed by atoms with Crippen LogP contribution in [0.15, 0.2) is 72.3 Å². The number of benzene rings is 3. The number of methoxy groups -OCH3 is 1. The second kappa shape index (κ2) is 11.4. The molecule has 1 saturated heterocycles. The summed E-state index contributed by atoms with van der Waals surface area (Å²) in [6.45, 7) is 3.21. The molecule has 1 heterocycles. The topological polar surface area (TPSA) is 99.5 Å². The molecule has 8 heteroatoms. The number of hydrogen-bond donors (Lipinski definition) is 2. The number of ketones is 1. The number of likely N-dealkylation sites (tertiary alicyclic amines) is 1. The lowest BCUT2D eigenvalue weighted by Gasteiger charge is -2.27. The number of ether oxygens (including phenoxy) is 2. The van der Waals surface area contributed by atoms with Crippen molar-refractivity contribution in [2.45, 2.75) is 19.6 Å². The van der Waals surface area contributed by atoms with Crippen LogP contribution >= 0.6 is 0 Å². The van der Waals surface area contributed by atoms with Crippen LogP contribution in [-0.2, 0) is 16.2 Å². The summed E-state index contributed by atoms with van der Waals surface area (Å²) < 4.78 is 11.1. The zero-order chi connectivity index (χ0) is 27.4. The number of aliphatic hydroxyl groups is 1. The molecule has 1 aliphatic rings. The number of aryl methyl sites for hydroxylation is 1. The van der Waals surface area contributed by atoms with Crippen LogP contribution < -0.4 is 9.47 Å². The van der Waals surface area contributed by atoms with Gasteiger partial charge in [-0.15, -0.1) is 0 Å². The smallest absolute Gasteiger partial charge is 0.295 e. The van der Waals surface area contributed by atoms with Crippen molar-refractivity contribution in [2.24, 2.45) is 0 Å². The Labute approximate surface area is 222 Å². The zero-order valence-corrected chi connectivity index (χ0v) is 22.0. The standard InChI is InChI=1S/C30H32N2O6/c1-19-6-5-7-20(16-19)18-38-23-11-8-21(9-12-23)28(34)26-27(22-10-13-24(33)25(17-22)37-4)32(15-14-31(2)3)30(36)29(26)35/h5-13,16-17,27,33-34H,14-15,18H2,1-4H3/b28-26+/t27-/m0/s1. The first-order valence-electron chi connectivity index (χ1n) is 12.3. The number of aromatic hydroxyl groups is 1. The number of hydrogen-bond acceptors (Lipinski definition) is 7. The Bertz CT molecular complexity index is 1360. The van der Waals surface area contributed by atoms with E-state index in [9.17, 15) is 19.8 Å². The SMILES string of the molecule is COc1cc([C@H]2/C(=C(\O)c3ccc(OCc4cccc(C)c4)cc3)C(=O)C(=O)N2CCN(C)C)ccc1O. The fourth-order valence-electron chi connectivity index (χ4n) is 4.46. The molecule has 2 N–H and O–H groups in total. The van der Waals surface area contributed by atoms with Crippen LogP contribution in [-0.4, -0.2) is 66.0 Å². The number of aliphatic hydroxyl groups excluding tert-OH is 1. The molecule has 8 nitrogen and oxygen atoms in total. The van der Waals surface area contributed by atoms with Crippen LogP contribution in [0.4, 0.5) is 0 Å². The van der Waals surface area contributed by atoms with Crippen molar-refractivity contribution in [1.29, 1.82) is 0 Å². The molecule has 1 aliphatic heterocycles. The first-order chi connectivity index (χ1) is 18.2. The third kappa shape index (κ3) is 5.65. The minimum Gasteiger partial charge on any atom is -0.507 e. The van der Waals surface area contributed by atoms with Crippen molar-refractivity contribution >= 4 is 17.4 Å². The number of amides is 1. The molecule has 1 atom stereocenters. The summed E-state index contributed by atoms with van der Waals surface area (Å²) in [4.78, 5) is 29.6. The molecule has 0 bridgehead atoms. The van der Waals surface area contributed by atoms with Gasteiger partial charge in [-0.1, -0.05) is 35.9 Å². The third-order valence-electron chi connectivity index (χ3n) is 6.46. The highest BCUT2D eigenvalue weighted by Crippen LogP contribution is 2.41. The Morgan fingerprint density at radius 3 is 2.42 bits per heavy atom. The Hall–Kier alpha value is -4.30. The number of nitrogens with zero attached hydrogens (tertiary/aromatic N) is 2. The van der Waals surface area contributed by atoms with Crippen molar-refractivity contribution in [3.05, 3.63) is 94.6 Å². The molecule has 0 unspecified atom stereocenters. The molecule has 0 aliphatic carbocycles. The van der Waals surface area contributed by atoms with Crippen molar-refractivity contribution in [1.82, 2.24) is 9.80 Å². The van der Waals surface area contributed by atoms with Gasteiger partial charge in [0.05, 0.1) is 18.7 Å². The quantitative estimate of drug-likeness (QED) is 0.249. The first kappa shape index (κ1) is 26.8. The lowest BCUT2D eigenvalue weighted by molar-refractivity contribution is -0.140. The maximum absolute atomic E-state index is 13.2. The number of carbonyl (C=O) groups excluding carboxylic acids is 2. The lowest BCUT2D eigenvalue weighted by Crippen LogP contribution is -2.35. The van der Waals surface area contributed by atoms with Crippen LogP contribution in [0.3, 0.4) is 0 Å². The van der Waals surface area contributed by atoms with E-state index in [1.807, 2.05) is 50.2 Å². The number of rotatable bonds is 9. The average molecular weight is 517 g/mol. The molecule has 0 aromatic heterocycles. The highest BCUT2D eigenvalue weighted by Gasteiger charge is 2.46. The van der Waals surface area contributed by atoms with E-state index in [4.69, 9.17) is 9.47 Å². The molecule has 0 radical (unpaired) electrons. The molecule has 4 rings (SSSR count). The number of carbonyl (C=O) groups is 2. The van der Waals surface area contributed by atoms with Gasteiger partial charge in [0.15, 0.2) is 11.5 Å². The van der Waals surface area contributed by atoms with Crippen LogP contribution in [0.25, 0.3) is 5.76 Å². The maximum atomic E-state index is 13.2. The molecule has 0 saturated carbocycles. The van der Waals surface area contributed by atoms with Crippen LogP contribution in [0, 0.1) is 6.92 Å². The summed E-state index contributed by atoms with van der Waals surface area (Å²) in [6.07, 6.45) is 0. The van der Waals surface area contributed by atoms with Crippen LogP contribution in [0.5, 0.6) is 17.2 Å². The number of phenolic OH excluding ortho intramolecular Hbond substituents is 1. The van der Waals surface area contributed by atoms with Crippen LogP contribution in [0.1, 0.15) is 28.3 Å². The van der Waals surface area contributed by atoms with Gasteiger partial charge in [0.25, 0.3) is 11.7 Å². The van der Waals surface area contributed by atoms with Gasteiger partial charge in [0, 0.05) is 18.7 Å². The molecule has 38 heavy (non-hydrogen) atoms. The molecule has 3 aromatic carbocycles. The summed E-state index contributed by atoms with van der Waals surface area (Å²) in [5.74, 6) is -0.993. The molecule has 3 aromatic rings. The Balaban J connectivity index is 1.68. The molecule has 0 spiro atoms. The summed E-state index contributed by atoms with van der Waals surface area (Å²) >= 11 is 0. The fourth-order valence-corrected chi connectivity index (χ4v) is 4.46. The first-order valence-corrected chi connectivity index (χ1v) is 12.3. The molecule has 1 amide bonds. The van der Waals surface area contributed by atoms with E-state index in [1.54, 1.807) is 36.4 Å². The Kier molecular flexibility index (Phi) is 8.02. The molecule has 198 valence electrons. The van der Waals surface area contributed by atoms with E-state index in [-0.39, 0.29) is 29.4 Å². The van der Waals surface area contributed by atoms with E-state index < -0.39 is 17.7 Å². The van der Waals surface area contributed by atoms with E-state index in [0.29, 0.717) is 30.0 Å². The highest BCUT2D eigenvalue weighted by atomic mass is 16.5. The van der Waals surface area contributed by atoms with Gasteiger partial charge in [-0.05, 0) is 68.5 Å². The largest absolute Gasteiger partial charge is 0.507 e. The summed E-state index contributed by atoms with van der Waals surface area (Å²) in [6, 6.07) is 18.6. The lowest BCUT2D eigenvalue weighted by atomic mass is 9.95. The average Bonchev–Trinajstić information content (AvgIpc) is 3.16. The van der Waals surface area contributed by atoms with Crippen molar-refractivity contribution in [3.8, 4) is 17.2 Å². The maximum Gasteiger partial charge on any atom is 0.295 e. The molecule has 1 fully saturated rings. The second-order valence-electron chi connectivity index (χ2n) is 9.53. The van der Waals surface area contributed by atoms with Gasteiger partial charge in [-0.2, -0.15) is 0 Å². The summed E-state index contributed by atoms with van der Waals surface area (Å²) in [5.41, 5.74) is 3.09. The highest BCUT2D eigenvalue weighted by molar-refractivity contribution is 6.46. The number of phenols is 1. The van der Waals surface area contributed by atoms with E-state index in [2.05, 4.69) is 0 Å². The van der Waals surface area contributed by atoms with E-state index >= 15 is 0 Å². The van der Waals surface area contributed by atoms with Crippen molar-refractivity contribution < 1.29 is 29.3 Å². The number of likely N-dealkylation sites (N-methyl/N-ethyl adjacent to an activating group) is 1. The zero-order valence-electron chi connectivity index (χ0n) is 22.0.